The van der Waals surface area contributed by atoms with Crippen molar-refractivity contribution >= 4 is 0 Å². The van der Waals surface area contributed by atoms with Crippen molar-refractivity contribution in [2.45, 2.75) is 58.8 Å². The zero-order valence-electron chi connectivity index (χ0n) is 9.76. The van der Waals surface area contributed by atoms with Crippen molar-refractivity contribution in [3.05, 3.63) is 0 Å². The van der Waals surface area contributed by atoms with E-state index in [9.17, 15) is 0 Å². The molecule has 0 saturated carbocycles. The van der Waals surface area contributed by atoms with Gasteiger partial charge in [-0.25, -0.2) is 0 Å². The molecule has 0 aliphatic rings. The fourth-order valence-corrected chi connectivity index (χ4v) is 2.15. The van der Waals surface area contributed by atoms with Gasteiger partial charge in [0.2, 0.25) is 0 Å². The molecule has 0 aliphatic carbocycles. The SMILES string of the molecule is CCCCC(CC)(CCO)CCCO. The number of hydrogen-bond donors (Lipinski definition) is 2. The molecule has 0 bridgehead atoms. The first kappa shape index (κ1) is 13.9. The normalized spacial score (nSPS) is 15.4. The Kier molecular flexibility index (Phi) is 8.20. The van der Waals surface area contributed by atoms with Crippen LogP contribution >= 0.6 is 0 Å². The largest absolute Gasteiger partial charge is 0.396 e. The van der Waals surface area contributed by atoms with Gasteiger partial charge in [-0.1, -0.05) is 33.1 Å². The Hall–Kier alpha value is -0.0800. The summed E-state index contributed by atoms with van der Waals surface area (Å²) < 4.78 is 0. The standard InChI is InChI=1S/C12H26O2/c1-3-5-7-12(4-2,9-11-14)8-6-10-13/h13-14H,3-11H2,1-2H3. The van der Waals surface area contributed by atoms with E-state index in [1.54, 1.807) is 0 Å². The summed E-state index contributed by atoms with van der Waals surface area (Å²) in [6.45, 7) is 4.95. The molecule has 1 atom stereocenters. The van der Waals surface area contributed by atoms with Crippen LogP contribution in [0.1, 0.15) is 58.8 Å². The molecule has 0 radical (unpaired) electrons. The highest BCUT2D eigenvalue weighted by atomic mass is 16.3. The van der Waals surface area contributed by atoms with E-state index in [0.29, 0.717) is 0 Å². The topological polar surface area (TPSA) is 40.5 Å². The van der Waals surface area contributed by atoms with Crippen LogP contribution in [-0.4, -0.2) is 23.4 Å². The molecule has 0 fully saturated rings. The minimum atomic E-state index is 0.277. The Bertz CT molecular complexity index is 115. The van der Waals surface area contributed by atoms with Crippen LogP contribution in [0, 0.1) is 5.41 Å². The molecule has 2 nitrogen and oxygen atoms in total. The maximum absolute atomic E-state index is 9.07. The molecule has 1 unspecified atom stereocenters. The van der Waals surface area contributed by atoms with E-state index in [1.165, 1.54) is 19.3 Å². The maximum atomic E-state index is 9.07. The van der Waals surface area contributed by atoms with E-state index >= 15 is 0 Å². The Balaban J connectivity index is 4.11. The summed E-state index contributed by atoms with van der Waals surface area (Å²) in [5.41, 5.74) is 0.285. The summed E-state index contributed by atoms with van der Waals surface area (Å²) in [7, 11) is 0. The summed E-state index contributed by atoms with van der Waals surface area (Å²) in [6.07, 6.45) is 7.58. The lowest BCUT2D eigenvalue weighted by Crippen LogP contribution is -2.22. The molecular weight excluding hydrogens is 176 g/mol. The van der Waals surface area contributed by atoms with Gasteiger partial charge >= 0.3 is 0 Å². The van der Waals surface area contributed by atoms with Gasteiger partial charge in [0.05, 0.1) is 0 Å². The van der Waals surface area contributed by atoms with Gasteiger partial charge in [0.25, 0.3) is 0 Å². The molecule has 0 heterocycles. The Morgan fingerprint density at radius 2 is 1.50 bits per heavy atom. The van der Waals surface area contributed by atoms with E-state index in [1.807, 2.05) is 0 Å². The van der Waals surface area contributed by atoms with Crippen LogP contribution in [0.15, 0.2) is 0 Å². The predicted molar refractivity (Wildman–Crippen MR) is 60.3 cm³/mol. The molecule has 0 spiro atoms. The first-order valence-electron chi connectivity index (χ1n) is 5.96. The van der Waals surface area contributed by atoms with Crippen molar-refractivity contribution in [3.8, 4) is 0 Å². The lowest BCUT2D eigenvalue weighted by atomic mass is 9.74. The average Bonchev–Trinajstić information content (AvgIpc) is 2.22. The molecule has 0 aliphatic heterocycles. The summed E-state index contributed by atoms with van der Waals surface area (Å²) in [5, 5.41) is 17.9. The molecule has 14 heavy (non-hydrogen) atoms. The molecule has 2 N–H and O–H groups in total. The molecule has 0 aromatic rings. The average molecular weight is 202 g/mol. The minimum Gasteiger partial charge on any atom is -0.396 e. The lowest BCUT2D eigenvalue weighted by Gasteiger charge is -2.32. The van der Waals surface area contributed by atoms with Crippen LogP contribution in [-0.2, 0) is 0 Å². The summed E-state index contributed by atoms with van der Waals surface area (Å²) >= 11 is 0. The van der Waals surface area contributed by atoms with E-state index in [-0.39, 0.29) is 18.6 Å². The monoisotopic (exact) mass is 202 g/mol. The zero-order valence-corrected chi connectivity index (χ0v) is 9.76. The molecule has 86 valence electrons. The smallest absolute Gasteiger partial charge is 0.0436 e. The molecule has 0 amide bonds. The van der Waals surface area contributed by atoms with Gasteiger partial charge < -0.3 is 10.2 Å². The van der Waals surface area contributed by atoms with Gasteiger partial charge in [0, 0.05) is 13.2 Å². The molecule has 0 aromatic heterocycles. The number of aliphatic hydroxyl groups is 2. The molecule has 0 aromatic carbocycles. The highest BCUT2D eigenvalue weighted by molar-refractivity contribution is 4.77. The third-order valence-corrected chi connectivity index (χ3v) is 3.32. The second-order valence-electron chi connectivity index (χ2n) is 4.26. The van der Waals surface area contributed by atoms with Gasteiger partial charge in [-0.3, -0.25) is 0 Å². The van der Waals surface area contributed by atoms with Crippen molar-refractivity contribution in [2.75, 3.05) is 13.2 Å². The molecule has 2 heteroatoms. The predicted octanol–water partition coefficient (Wildman–Crippen LogP) is 2.73. The van der Waals surface area contributed by atoms with Crippen LogP contribution < -0.4 is 0 Å². The van der Waals surface area contributed by atoms with Crippen molar-refractivity contribution < 1.29 is 10.2 Å². The third-order valence-electron chi connectivity index (χ3n) is 3.32. The molecule has 0 rings (SSSR count). The number of aliphatic hydroxyl groups excluding tert-OH is 2. The number of rotatable bonds is 9. The Morgan fingerprint density at radius 3 is 1.93 bits per heavy atom. The Labute approximate surface area is 88.3 Å². The van der Waals surface area contributed by atoms with Gasteiger partial charge in [0.15, 0.2) is 0 Å². The second kappa shape index (κ2) is 8.25. The van der Waals surface area contributed by atoms with Crippen LogP contribution in [0.2, 0.25) is 0 Å². The number of hydrogen-bond acceptors (Lipinski definition) is 2. The molecular formula is C12H26O2. The Morgan fingerprint density at radius 1 is 0.857 bits per heavy atom. The van der Waals surface area contributed by atoms with Gasteiger partial charge in [-0.05, 0) is 31.1 Å². The fraction of sp³-hybridized carbons (Fsp3) is 1.00. The second-order valence-corrected chi connectivity index (χ2v) is 4.26. The first-order valence-corrected chi connectivity index (χ1v) is 5.96. The first-order chi connectivity index (χ1) is 6.74. The van der Waals surface area contributed by atoms with Gasteiger partial charge in [-0.2, -0.15) is 0 Å². The van der Waals surface area contributed by atoms with Crippen LogP contribution in [0.5, 0.6) is 0 Å². The highest BCUT2D eigenvalue weighted by Crippen LogP contribution is 2.37. The lowest BCUT2D eigenvalue weighted by molar-refractivity contribution is 0.133. The van der Waals surface area contributed by atoms with E-state index in [0.717, 1.165) is 25.7 Å². The fourth-order valence-electron chi connectivity index (χ4n) is 2.15. The van der Waals surface area contributed by atoms with E-state index in [4.69, 9.17) is 10.2 Å². The van der Waals surface area contributed by atoms with E-state index in [2.05, 4.69) is 13.8 Å². The van der Waals surface area contributed by atoms with Crippen LogP contribution in [0.25, 0.3) is 0 Å². The van der Waals surface area contributed by atoms with E-state index < -0.39 is 0 Å². The zero-order chi connectivity index (χ0) is 10.9. The minimum absolute atomic E-state index is 0.277. The summed E-state index contributed by atoms with van der Waals surface area (Å²) in [4.78, 5) is 0. The third kappa shape index (κ3) is 4.97. The van der Waals surface area contributed by atoms with Crippen molar-refractivity contribution in [1.82, 2.24) is 0 Å². The highest BCUT2D eigenvalue weighted by Gasteiger charge is 2.25. The maximum Gasteiger partial charge on any atom is 0.0436 e. The summed E-state index contributed by atoms with van der Waals surface area (Å²) in [5.74, 6) is 0. The van der Waals surface area contributed by atoms with Crippen LogP contribution in [0.4, 0.5) is 0 Å². The van der Waals surface area contributed by atoms with Crippen LogP contribution in [0.3, 0.4) is 0 Å². The van der Waals surface area contributed by atoms with Gasteiger partial charge in [0.1, 0.15) is 0 Å². The quantitative estimate of drug-likeness (QED) is 0.603. The van der Waals surface area contributed by atoms with Crippen molar-refractivity contribution in [3.63, 3.8) is 0 Å². The summed E-state index contributed by atoms with van der Waals surface area (Å²) in [6, 6.07) is 0. The number of unbranched alkanes of at least 4 members (excludes halogenated alkanes) is 1. The van der Waals surface area contributed by atoms with Crippen molar-refractivity contribution in [2.24, 2.45) is 5.41 Å². The van der Waals surface area contributed by atoms with Crippen molar-refractivity contribution in [1.29, 1.82) is 0 Å². The van der Waals surface area contributed by atoms with Gasteiger partial charge in [-0.15, -0.1) is 0 Å². The molecule has 0 saturated heterocycles.